The highest BCUT2D eigenvalue weighted by Crippen LogP contribution is 2.26. The van der Waals surface area contributed by atoms with Crippen LogP contribution in [0.25, 0.3) is 10.9 Å². The zero-order chi connectivity index (χ0) is 9.42. The number of nitrogens with one attached hydrogen (secondary N) is 1. The molecule has 2 rings (SSSR count). The summed E-state index contributed by atoms with van der Waals surface area (Å²) in [5, 5.41) is 0.599. The van der Waals surface area contributed by atoms with Gasteiger partial charge in [-0.1, -0.05) is 6.07 Å². The quantitative estimate of drug-likeness (QED) is 0.701. The smallest absolute Gasteiger partial charge is 0.266 e. The van der Waals surface area contributed by atoms with Gasteiger partial charge in [0.2, 0.25) is 0 Å². The summed E-state index contributed by atoms with van der Waals surface area (Å²) in [4.78, 5) is 2.57. The molecule has 0 saturated heterocycles. The fraction of sp³-hybridized carbons (Fsp3) is 0.111. The monoisotopic (exact) mass is 185 g/mol. The van der Waals surface area contributed by atoms with Gasteiger partial charge in [-0.2, -0.15) is 0 Å². The topological polar surface area (TPSA) is 15.8 Å². The van der Waals surface area contributed by atoms with Gasteiger partial charge in [-0.25, -0.2) is 13.2 Å². The van der Waals surface area contributed by atoms with E-state index >= 15 is 0 Å². The van der Waals surface area contributed by atoms with Gasteiger partial charge in [-0.15, -0.1) is 0 Å². The lowest BCUT2D eigenvalue weighted by atomic mass is 10.1. The third kappa shape index (κ3) is 1.18. The third-order valence-corrected chi connectivity index (χ3v) is 1.93. The van der Waals surface area contributed by atoms with Crippen LogP contribution in [0.2, 0.25) is 0 Å². The van der Waals surface area contributed by atoms with Crippen molar-refractivity contribution in [3.05, 3.63) is 35.8 Å². The van der Waals surface area contributed by atoms with Gasteiger partial charge in [-0.3, -0.25) is 0 Å². The molecular weight excluding hydrogens is 179 g/mol. The normalized spacial score (nSPS) is 11.4. The van der Waals surface area contributed by atoms with E-state index in [-0.39, 0.29) is 5.52 Å². The number of hydrogen-bond acceptors (Lipinski definition) is 0. The Balaban J connectivity index is 2.73. The lowest BCUT2D eigenvalue weighted by Gasteiger charge is -2.01. The summed E-state index contributed by atoms with van der Waals surface area (Å²) in [6, 6.07) is 4.21. The largest absolute Gasteiger partial charge is 0.359 e. The summed E-state index contributed by atoms with van der Waals surface area (Å²) in [5.74, 6) is -0.863. The van der Waals surface area contributed by atoms with E-state index < -0.39 is 17.8 Å². The molecular formula is C9H6F3N. The zero-order valence-electron chi connectivity index (χ0n) is 6.52. The van der Waals surface area contributed by atoms with Crippen molar-refractivity contribution in [2.75, 3.05) is 0 Å². The molecule has 0 aliphatic rings. The summed E-state index contributed by atoms with van der Waals surface area (Å²) >= 11 is 0. The number of halogens is 3. The van der Waals surface area contributed by atoms with Gasteiger partial charge in [0.05, 0.1) is 11.1 Å². The highest BCUT2D eigenvalue weighted by atomic mass is 19.3. The fourth-order valence-corrected chi connectivity index (χ4v) is 1.28. The van der Waals surface area contributed by atoms with Gasteiger partial charge in [0.15, 0.2) is 5.82 Å². The van der Waals surface area contributed by atoms with E-state index in [4.69, 9.17) is 0 Å². The Morgan fingerprint density at radius 1 is 1.15 bits per heavy atom. The average Bonchev–Trinajstić information content (AvgIpc) is 2.52. The van der Waals surface area contributed by atoms with Crippen LogP contribution in [-0.4, -0.2) is 4.98 Å². The third-order valence-electron chi connectivity index (χ3n) is 1.93. The molecule has 13 heavy (non-hydrogen) atoms. The molecule has 4 heteroatoms. The molecule has 1 N–H and O–H groups in total. The Morgan fingerprint density at radius 3 is 2.62 bits per heavy atom. The molecule has 0 radical (unpaired) electrons. The van der Waals surface area contributed by atoms with Gasteiger partial charge >= 0.3 is 0 Å². The van der Waals surface area contributed by atoms with Crippen molar-refractivity contribution < 1.29 is 13.2 Å². The molecule has 2 aromatic rings. The lowest BCUT2D eigenvalue weighted by molar-refractivity contribution is 0.146. The number of rotatable bonds is 1. The maximum atomic E-state index is 13.2. The van der Waals surface area contributed by atoms with E-state index in [2.05, 4.69) is 4.98 Å². The standard InChI is InChI=1S/C9H6F3N/c10-7-6(9(11)12)2-1-5-3-4-13-8(5)7/h1-4,9,13H. The summed E-state index contributed by atoms with van der Waals surface area (Å²) in [5.41, 5.74) is -0.423. The van der Waals surface area contributed by atoms with E-state index in [1.165, 1.54) is 12.3 Å². The maximum Gasteiger partial charge on any atom is 0.266 e. The first kappa shape index (κ1) is 8.16. The van der Waals surface area contributed by atoms with Gasteiger partial charge in [0.25, 0.3) is 6.43 Å². The van der Waals surface area contributed by atoms with Crippen LogP contribution < -0.4 is 0 Å². The molecule has 0 unspecified atom stereocenters. The molecule has 0 atom stereocenters. The van der Waals surface area contributed by atoms with Crippen molar-refractivity contribution in [2.24, 2.45) is 0 Å². The first-order valence-corrected chi connectivity index (χ1v) is 3.74. The SMILES string of the molecule is Fc1c(C(F)F)ccc2cc[nH]c12. The number of H-pyrrole nitrogens is 1. The van der Waals surface area contributed by atoms with Crippen molar-refractivity contribution in [3.8, 4) is 0 Å². The fourth-order valence-electron chi connectivity index (χ4n) is 1.28. The Bertz CT molecular complexity index is 433. The Hall–Kier alpha value is -1.45. The van der Waals surface area contributed by atoms with Crippen LogP contribution in [0.15, 0.2) is 24.4 Å². The molecule has 1 heterocycles. The second kappa shape index (κ2) is 2.80. The molecule has 0 amide bonds. The molecule has 1 aromatic heterocycles. The molecule has 0 aliphatic heterocycles. The summed E-state index contributed by atoms with van der Waals surface area (Å²) in [6.45, 7) is 0. The highest BCUT2D eigenvalue weighted by Gasteiger charge is 2.15. The number of aromatic nitrogens is 1. The second-order valence-corrected chi connectivity index (χ2v) is 2.71. The highest BCUT2D eigenvalue weighted by molar-refractivity contribution is 5.80. The van der Waals surface area contributed by atoms with Crippen LogP contribution in [-0.2, 0) is 0 Å². The predicted octanol–water partition coefficient (Wildman–Crippen LogP) is 3.24. The first-order valence-electron chi connectivity index (χ1n) is 3.74. The van der Waals surface area contributed by atoms with Crippen molar-refractivity contribution in [1.82, 2.24) is 4.98 Å². The van der Waals surface area contributed by atoms with E-state index in [9.17, 15) is 13.2 Å². The Labute approximate surface area is 72.2 Å². The van der Waals surface area contributed by atoms with Crippen LogP contribution >= 0.6 is 0 Å². The number of hydrogen-bond donors (Lipinski definition) is 1. The average molecular weight is 185 g/mol. The van der Waals surface area contributed by atoms with Crippen molar-refractivity contribution in [2.45, 2.75) is 6.43 Å². The second-order valence-electron chi connectivity index (χ2n) is 2.71. The predicted molar refractivity (Wildman–Crippen MR) is 43.2 cm³/mol. The molecule has 0 saturated carbocycles. The van der Waals surface area contributed by atoms with Crippen LogP contribution in [0.5, 0.6) is 0 Å². The van der Waals surface area contributed by atoms with Crippen LogP contribution in [0, 0.1) is 5.82 Å². The van der Waals surface area contributed by atoms with E-state index in [0.29, 0.717) is 5.39 Å². The Kier molecular flexibility index (Phi) is 1.76. The van der Waals surface area contributed by atoms with E-state index in [1.54, 1.807) is 6.07 Å². The number of fused-ring (bicyclic) bond motifs is 1. The first-order chi connectivity index (χ1) is 6.20. The summed E-state index contributed by atoms with van der Waals surface area (Å²) in [6.07, 6.45) is -1.25. The lowest BCUT2D eigenvalue weighted by Crippen LogP contribution is -1.90. The van der Waals surface area contributed by atoms with Crippen LogP contribution in [0.1, 0.15) is 12.0 Å². The molecule has 0 bridgehead atoms. The molecule has 0 spiro atoms. The van der Waals surface area contributed by atoms with E-state index in [0.717, 1.165) is 6.07 Å². The van der Waals surface area contributed by atoms with Gasteiger partial charge < -0.3 is 4.98 Å². The van der Waals surface area contributed by atoms with Crippen molar-refractivity contribution in [3.63, 3.8) is 0 Å². The number of benzene rings is 1. The summed E-state index contributed by atoms with van der Waals surface area (Å²) < 4.78 is 37.7. The minimum atomic E-state index is -2.77. The van der Waals surface area contributed by atoms with Crippen molar-refractivity contribution >= 4 is 10.9 Å². The Morgan fingerprint density at radius 2 is 1.92 bits per heavy atom. The molecule has 68 valence electrons. The van der Waals surface area contributed by atoms with Gasteiger partial charge in [0, 0.05) is 11.6 Å². The zero-order valence-corrected chi connectivity index (χ0v) is 6.52. The van der Waals surface area contributed by atoms with Gasteiger partial charge in [0.1, 0.15) is 0 Å². The molecule has 1 aromatic carbocycles. The minimum Gasteiger partial charge on any atom is -0.359 e. The summed E-state index contributed by atoms with van der Waals surface area (Å²) in [7, 11) is 0. The number of aromatic amines is 1. The van der Waals surface area contributed by atoms with Crippen LogP contribution in [0.3, 0.4) is 0 Å². The van der Waals surface area contributed by atoms with Crippen molar-refractivity contribution in [1.29, 1.82) is 0 Å². The minimum absolute atomic E-state index is 0.137. The molecule has 0 aliphatic carbocycles. The maximum absolute atomic E-state index is 13.2. The molecule has 0 fully saturated rings. The number of alkyl halides is 2. The molecule has 1 nitrogen and oxygen atoms in total. The van der Waals surface area contributed by atoms with Crippen LogP contribution in [0.4, 0.5) is 13.2 Å². The van der Waals surface area contributed by atoms with Gasteiger partial charge in [-0.05, 0) is 12.1 Å². The van der Waals surface area contributed by atoms with E-state index in [1.807, 2.05) is 0 Å².